The van der Waals surface area contributed by atoms with Gasteiger partial charge in [-0.15, -0.1) is 0 Å². The minimum absolute atomic E-state index is 0.0143. The van der Waals surface area contributed by atoms with Crippen LogP contribution in [0.5, 0.6) is 0 Å². The molecule has 2 aromatic rings. The molecule has 6 heteroatoms. The van der Waals surface area contributed by atoms with Crippen LogP contribution >= 0.6 is 0 Å². The zero-order valence-electron chi connectivity index (χ0n) is 11.0. The van der Waals surface area contributed by atoms with E-state index >= 15 is 0 Å². The number of aromatic nitrogens is 1. The fourth-order valence-electron chi connectivity index (χ4n) is 2.32. The van der Waals surface area contributed by atoms with Gasteiger partial charge >= 0.3 is 0 Å². The van der Waals surface area contributed by atoms with Gasteiger partial charge in [0, 0.05) is 24.5 Å². The molecule has 0 bridgehead atoms. The van der Waals surface area contributed by atoms with E-state index in [1.807, 2.05) is 24.3 Å². The summed E-state index contributed by atoms with van der Waals surface area (Å²) in [5.74, 6) is -0.334. The Morgan fingerprint density at radius 1 is 1.25 bits per heavy atom. The first kappa shape index (κ1) is 12.5. The lowest BCUT2D eigenvalue weighted by Crippen LogP contribution is -2.17. The predicted octanol–water partition coefficient (Wildman–Crippen LogP) is 2.11. The van der Waals surface area contributed by atoms with Crippen molar-refractivity contribution < 1.29 is 9.21 Å². The number of anilines is 3. The predicted molar refractivity (Wildman–Crippen MR) is 76.8 cm³/mol. The van der Waals surface area contributed by atoms with Gasteiger partial charge in [-0.1, -0.05) is 0 Å². The van der Waals surface area contributed by atoms with Crippen molar-refractivity contribution in [2.75, 3.05) is 29.0 Å². The van der Waals surface area contributed by atoms with Crippen molar-refractivity contribution in [1.82, 2.24) is 4.98 Å². The fraction of sp³-hybridized carbons (Fsp3) is 0.286. The van der Waals surface area contributed by atoms with Crippen LogP contribution in [0.4, 0.5) is 17.4 Å². The standard InChI is InChI=1S/C14H16N4O2/c15-14-17-12(9-20-14)13(19)16-10-3-5-11(6-4-10)18-7-1-2-8-18/h3-6,9H,1-2,7-8H2,(H2,15,17)(H,16,19). The van der Waals surface area contributed by atoms with Gasteiger partial charge in [0.15, 0.2) is 5.69 Å². The molecule has 1 aromatic carbocycles. The molecule has 104 valence electrons. The molecule has 1 aliphatic heterocycles. The van der Waals surface area contributed by atoms with Gasteiger partial charge in [0.05, 0.1) is 0 Å². The first-order valence-electron chi connectivity index (χ1n) is 6.60. The largest absolute Gasteiger partial charge is 0.431 e. The third-order valence-electron chi connectivity index (χ3n) is 3.35. The Bertz CT molecular complexity index is 600. The van der Waals surface area contributed by atoms with Gasteiger partial charge in [0.1, 0.15) is 6.26 Å². The first-order chi connectivity index (χ1) is 9.72. The fourth-order valence-corrected chi connectivity index (χ4v) is 2.32. The quantitative estimate of drug-likeness (QED) is 0.894. The molecule has 0 saturated carbocycles. The van der Waals surface area contributed by atoms with E-state index < -0.39 is 0 Å². The van der Waals surface area contributed by atoms with Crippen molar-refractivity contribution in [3.8, 4) is 0 Å². The Morgan fingerprint density at radius 3 is 2.55 bits per heavy atom. The Hall–Kier alpha value is -2.50. The average Bonchev–Trinajstić information content (AvgIpc) is 3.10. The van der Waals surface area contributed by atoms with E-state index in [0.29, 0.717) is 0 Å². The van der Waals surface area contributed by atoms with Gasteiger partial charge < -0.3 is 20.4 Å². The topological polar surface area (TPSA) is 84.4 Å². The number of hydrogen-bond donors (Lipinski definition) is 2. The highest BCUT2D eigenvalue weighted by atomic mass is 16.4. The summed E-state index contributed by atoms with van der Waals surface area (Å²) in [6.45, 7) is 2.20. The number of nitrogens with two attached hydrogens (primary N) is 1. The Kier molecular flexibility index (Phi) is 3.28. The molecule has 3 rings (SSSR count). The van der Waals surface area contributed by atoms with E-state index in [-0.39, 0.29) is 17.6 Å². The molecule has 1 aliphatic rings. The van der Waals surface area contributed by atoms with Crippen molar-refractivity contribution in [3.05, 3.63) is 36.2 Å². The molecule has 0 atom stereocenters. The molecule has 3 N–H and O–H groups in total. The minimum Gasteiger partial charge on any atom is -0.431 e. The number of hydrogen-bond acceptors (Lipinski definition) is 5. The zero-order valence-corrected chi connectivity index (χ0v) is 11.0. The van der Waals surface area contributed by atoms with Gasteiger partial charge in [0.25, 0.3) is 11.9 Å². The zero-order chi connectivity index (χ0) is 13.9. The number of benzene rings is 1. The Balaban J connectivity index is 1.67. The molecule has 1 aromatic heterocycles. The number of nitrogens with one attached hydrogen (secondary N) is 1. The van der Waals surface area contributed by atoms with Crippen LogP contribution in [-0.4, -0.2) is 24.0 Å². The summed E-state index contributed by atoms with van der Waals surface area (Å²) in [5, 5.41) is 2.75. The summed E-state index contributed by atoms with van der Waals surface area (Å²) in [6, 6.07) is 7.78. The summed E-state index contributed by atoms with van der Waals surface area (Å²) in [7, 11) is 0. The van der Waals surface area contributed by atoms with Crippen LogP contribution in [0.2, 0.25) is 0 Å². The molecule has 0 aliphatic carbocycles. The number of amides is 1. The molecule has 0 spiro atoms. The lowest BCUT2D eigenvalue weighted by Gasteiger charge is -2.17. The van der Waals surface area contributed by atoms with Crippen LogP contribution in [0.3, 0.4) is 0 Å². The lowest BCUT2D eigenvalue weighted by molar-refractivity contribution is 0.102. The Morgan fingerprint density at radius 2 is 1.95 bits per heavy atom. The summed E-state index contributed by atoms with van der Waals surface area (Å²) in [4.78, 5) is 18.0. The molecular weight excluding hydrogens is 256 g/mol. The maximum atomic E-state index is 11.9. The third-order valence-corrected chi connectivity index (χ3v) is 3.35. The van der Waals surface area contributed by atoms with Gasteiger partial charge in [-0.05, 0) is 37.1 Å². The number of carbonyl (C=O) groups excluding carboxylic acids is 1. The second-order valence-electron chi connectivity index (χ2n) is 4.77. The molecule has 0 radical (unpaired) electrons. The minimum atomic E-state index is -0.334. The van der Waals surface area contributed by atoms with Crippen molar-refractivity contribution in [1.29, 1.82) is 0 Å². The lowest BCUT2D eigenvalue weighted by atomic mass is 10.2. The number of oxazole rings is 1. The van der Waals surface area contributed by atoms with Crippen LogP contribution in [0.25, 0.3) is 0 Å². The van der Waals surface area contributed by atoms with E-state index in [4.69, 9.17) is 10.2 Å². The van der Waals surface area contributed by atoms with Gasteiger partial charge in [0.2, 0.25) is 0 Å². The molecule has 2 heterocycles. The van der Waals surface area contributed by atoms with Crippen molar-refractivity contribution in [2.45, 2.75) is 12.8 Å². The number of nitrogen functional groups attached to an aromatic ring is 1. The molecule has 1 amide bonds. The molecule has 0 unspecified atom stereocenters. The summed E-state index contributed by atoms with van der Waals surface area (Å²) < 4.78 is 4.81. The number of rotatable bonds is 3. The van der Waals surface area contributed by atoms with Crippen molar-refractivity contribution >= 4 is 23.3 Å². The Labute approximate surface area is 116 Å². The number of carbonyl (C=O) groups is 1. The van der Waals surface area contributed by atoms with Crippen LogP contribution in [0, 0.1) is 0 Å². The molecule has 6 nitrogen and oxygen atoms in total. The van der Waals surface area contributed by atoms with Crippen LogP contribution < -0.4 is 16.0 Å². The molecule has 1 saturated heterocycles. The highest BCUT2D eigenvalue weighted by Gasteiger charge is 2.13. The van der Waals surface area contributed by atoms with Gasteiger partial charge in [-0.25, -0.2) is 0 Å². The SMILES string of the molecule is Nc1nc(C(=O)Nc2ccc(N3CCCC3)cc2)co1. The van der Waals surface area contributed by atoms with E-state index in [0.717, 1.165) is 18.8 Å². The normalized spacial score (nSPS) is 14.5. The van der Waals surface area contributed by atoms with E-state index in [1.54, 1.807) is 0 Å². The number of nitrogens with zero attached hydrogens (tertiary/aromatic N) is 2. The highest BCUT2D eigenvalue weighted by Crippen LogP contribution is 2.22. The summed E-state index contributed by atoms with van der Waals surface area (Å²) in [6.07, 6.45) is 3.72. The van der Waals surface area contributed by atoms with Crippen LogP contribution in [-0.2, 0) is 0 Å². The van der Waals surface area contributed by atoms with E-state index in [2.05, 4.69) is 15.2 Å². The highest BCUT2D eigenvalue weighted by molar-refractivity contribution is 6.02. The van der Waals surface area contributed by atoms with Crippen LogP contribution in [0.15, 0.2) is 34.9 Å². The van der Waals surface area contributed by atoms with Crippen LogP contribution in [0.1, 0.15) is 23.3 Å². The maximum absolute atomic E-state index is 11.9. The second-order valence-corrected chi connectivity index (χ2v) is 4.77. The average molecular weight is 272 g/mol. The smallest absolute Gasteiger partial charge is 0.292 e. The monoisotopic (exact) mass is 272 g/mol. The summed E-state index contributed by atoms with van der Waals surface area (Å²) in [5.41, 5.74) is 7.42. The maximum Gasteiger partial charge on any atom is 0.292 e. The molecule has 1 fully saturated rings. The van der Waals surface area contributed by atoms with Crippen molar-refractivity contribution in [3.63, 3.8) is 0 Å². The van der Waals surface area contributed by atoms with Gasteiger partial charge in [-0.2, -0.15) is 4.98 Å². The third kappa shape index (κ3) is 2.59. The van der Waals surface area contributed by atoms with E-state index in [1.165, 1.54) is 24.8 Å². The van der Waals surface area contributed by atoms with Gasteiger partial charge in [-0.3, -0.25) is 4.79 Å². The molecular formula is C14H16N4O2. The molecule has 20 heavy (non-hydrogen) atoms. The first-order valence-corrected chi connectivity index (χ1v) is 6.60. The second kappa shape index (κ2) is 5.24. The summed E-state index contributed by atoms with van der Waals surface area (Å²) >= 11 is 0. The van der Waals surface area contributed by atoms with E-state index in [9.17, 15) is 4.79 Å². The van der Waals surface area contributed by atoms with Crippen molar-refractivity contribution in [2.24, 2.45) is 0 Å².